The fraction of sp³-hybridized carbons (Fsp3) is 0.600. The molecule has 1 N–H and O–H groups in total. The molecular weight excluding hydrogens is 208 g/mol. The van der Waals surface area contributed by atoms with Crippen LogP contribution in [0, 0.1) is 0 Å². The molecule has 2 nitrogen and oxygen atoms in total. The van der Waals surface area contributed by atoms with E-state index in [1.165, 1.54) is 42.6 Å². The molecule has 92 valence electrons. The Morgan fingerprint density at radius 1 is 1.29 bits per heavy atom. The van der Waals surface area contributed by atoms with Crippen LogP contribution in [0.2, 0.25) is 0 Å². The van der Waals surface area contributed by atoms with Crippen molar-refractivity contribution < 1.29 is 0 Å². The molecule has 0 atom stereocenters. The lowest BCUT2D eigenvalue weighted by Gasteiger charge is -2.45. The van der Waals surface area contributed by atoms with E-state index in [0.29, 0.717) is 5.54 Å². The van der Waals surface area contributed by atoms with Gasteiger partial charge in [0.2, 0.25) is 0 Å². The van der Waals surface area contributed by atoms with Crippen molar-refractivity contribution >= 4 is 11.4 Å². The maximum absolute atomic E-state index is 3.66. The molecule has 0 amide bonds. The Bertz CT molecular complexity index is 419. The summed E-state index contributed by atoms with van der Waals surface area (Å²) < 4.78 is 0. The highest BCUT2D eigenvalue weighted by atomic mass is 15.2. The molecule has 0 bridgehead atoms. The fourth-order valence-electron chi connectivity index (χ4n) is 3.42. The Morgan fingerprint density at radius 3 is 2.76 bits per heavy atom. The minimum Gasteiger partial charge on any atom is -0.381 e. The molecular formula is C15H22N2. The summed E-state index contributed by atoms with van der Waals surface area (Å²) in [6, 6.07) is 6.87. The average molecular weight is 230 g/mol. The molecule has 1 aromatic carbocycles. The molecule has 2 aliphatic rings. The second kappa shape index (κ2) is 3.94. The highest BCUT2D eigenvalue weighted by Crippen LogP contribution is 2.43. The van der Waals surface area contributed by atoms with Crippen LogP contribution in [0.3, 0.4) is 0 Å². The minimum absolute atomic E-state index is 0.390. The lowest BCUT2D eigenvalue weighted by atomic mass is 9.91. The molecule has 2 heteroatoms. The van der Waals surface area contributed by atoms with Crippen molar-refractivity contribution in [3.05, 3.63) is 23.8 Å². The van der Waals surface area contributed by atoms with E-state index < -0.39 is 0 Å². The monoisotopic (exact) mass is 230 g/mol. The van der Waals surface area contributed by atoms with Gasteiger partial charge in [-0.05, 0) is 37.0 Å². The normalized spacial score (nSPS) is 21.4. The lowest BCUT2D eigenvalue weighted by molar-refractivity contribution is 0.429. The van der Waals surface area contributed by atoms with Gasteiger partial charge in [-0.3, -0.25) is 0 Å². The molecule has 0 aromatic heterocycles. The van der Waals surface area contributed by atoms with Crippen LogP contribution in [0.15, 0.2) is 18.2 Å². The first-order valence-electron chi connectivity index (χ1n) is 6.86. The summed E-state index contributed by atoms with van der Waals surface area (Å²) in [6.07, 6.45) is 6.56. The average Bonchev–Trinajstić information content (AvgIpc) is 2.84. The van der Waals surface area contributed by atoms with Gasteiger partial charge in [0.25, 0.3) is 0 Å². The maximum Gasteiger partial charge on any atom is 0.0604 e. The van der Waals surface area contributed by atoms with Gasteiger partial charge in [-0.15, -0.1) is 0 Å². The van der Waals surface area contributed by atoms with E-state index in [1.807, 2.05) is 0 Å². The first-order chi connectivity index (χ1) is 8.25. The van der Waals surface area contributed by atoms with Crippen molar-refractivity contribution in [1.82, 2.24) is 0 Å². The summed E-state index contributed by atoms with van der Waals surface area (Å²) in [4.78, 5) is 2.53. The van der Waals surface area contributed by atoms with Crippen molar-refractivity contribution in [1.29, 1.82) is 0 Å². The Labute approximate surface area is 104 Å². The van der Waals surface area contributed by atoms with E-state index in [9.17, 15) is 0 Å². The molecule has 1 heterocycles. The summed E-state index contributed by atoms with van der Waals surface area (Å²) >= 11 is 0. The highest BCUT2D eigenvalue weighted by Gasteiger charge is 2.40. The molecule has 0 radical (unpaired) electrons. The number of aryl methyl sites for hydroxylation is 1. The number of rotatable bonds is 1. The minimum atomic E-state index is 0.390. The third kappa shape index (κ3) is 1.62. The predicted molar refractivity (Wildman–Crippen MR) is 73.9 cm³/mol. The maximum atomic E-state index is 3.66. The molecule has 1 spiro atoms. The van der Waals surface area contributed by atoms with Crippen LogP contribution in [-0.4, -0.2) is 19.1 Å². The van der Waals surface area contributed by atoms with Gasteiger partial charge in [-0.1, -0.05) is 25.8 Å². The van der Waals surface area contributed by atoms with E-state index in [0.717, 1.165) is 13.0 Å². The van der Waals surface area contributed by atoms with Gasteiger partial charge in [0, 0.05) is 13.6 Å². The third-order valence-electron chi connectivity index (χ3n) is 4.68. The summed E-state index contributed by atoms with van der Waals surface area (Å²) in [7, 11) is 2.27. The first kappa shape index (κ1) is 10.9. The van der Waals surface area contributed by atoms with Crippen LogP contribution >= 0.6 is 0 Å². The Morgan fingerprint density at radius 2 is 2.06 bits per heavy atom. The zero-order valence-electron chi connectivity index (χ0n) is 10.9. The topological polar surface area (TPSA) is 15.3 Å². The number of hydrogen-bond acceptors (Lipinski definition) is 2. The van der Waals surface area contributed by atoms with Crippen molar-refractivity contribution in [2.24, 2.45) is 0 Å². The van der Waals surface area contributed by atoms with E-state index in [-0.39, 0.29) is 0 Å². The number of anilines is 2. The largest absolute Gasteiger partial charge is 0.381 e. The molecule has 1 aliphatic heterocycles. The predicted octanol–water partition coefficient (Wildman–Crippen LogP) is 3.42. The lowest BCUT2D eigenvalue weighted by Crippen LogP contribution is -2.52. The molecule has 0 saturated heterocycles. The van der Waals surface area contributed by atoms with Crippen LogP contribution < -0.4 is 10.2 Å². The Balaban J connectivity index is 1.97. The third-order valence-corrected chi connectivity index (χ3v) is 4.68. The molecule has 1 saturated carbocycles. The summed E-state index contributed by atoms with van der Waals surface area (Å²) in [5, 5.41) is 3.66. The van der Waals surface area contributed by atoms with Crippen molar-refractivity contribution in [2.75, 3.05) is 23.8 Å². The van der Waals surface area contributed by atoms with E-state index in [1.54, 1.807) is 0 Å². The molecule has 1 aromatic rings. The Kier molecular flexibility index (Phi) is 2.53. The number of nitrogens with one attached hydrogen (secondary N) is 1. The van der Waals surface area contributed by atoms with Crippen LogP contribution in [0.25, 0.3) is 0 Å². The van der Waals surface area contributed by atoms with Crippen molar-refractivity contribution in [3.63, 3.8) is 0 Å². The van der Waals surface area contributed by atoms with E-state index >= 15 is 0 Å². The number of benzene rings is 1. The SMILES string of the molecule is CCc1ccc2c(c1)NCC1(CCCC1)N2C. The summed E-state index contributed by atoms with van der Waals surface area (Å²) in [5.74, 6) is 0. The Hall–Kier alpha value is -1.18. The van der Waals surface area contributed by atoms with Crippen LogP contribution in [0.5, 0.6) is 0 Å². The number of likely N-dealkylation sites (N-methyl/N-ethyl adjacent to an activating group) is 1. The van der Waals surface area contributed by atoms with Crippen LogP contribution in [0.4, 0.5) is 11.4 Å². The number of hydrogen-bond donors (Lipinski definition) is 1. The molecule has 17 heavy (non-hydrogen) atoms. The fourth-order valence-corrected chi connectivity index (χ4v) is 3.42. The number of fused-ring (bicyclic) bond motifs is 1. The van der Waals surface area contributed by atoms with Gasteiger partial charge in [-0.2, -0.15) is 0 Å². The second-order valence-electron chi connectivity index (χ2n) is 5.55. The summed E-state index contributed by atoms with van der Waals surface area (Å²) in [5.41, 5.74) is 4.52. The first-order valence-corrected chi connectivity index (χ1v) is 6.86. The zero-order chi connectivity index (χ0) is 11.9. The number of nitrogens with zero attached hydrogens (tertiary/aromatic N) is 1. The quantitative estimate of drug-likeness (QED) is 0.795. The van der Waals surface area contributed by atoms with Gasteiger partial charge in [0.1, 0.15) is 0 Å². The molecule has 0 unspecified atom stereocenters. The van der Waals surface area contributed by atoms with Crippen LogP contribution in [0.1, 0.15) is 38.2 Å². The van der Waals surface area contributed by atoms with Gasteiger partial charge >= 0.3 is 0 Å². The van der Waals surface area contributed by atoms with Crippen LogP contribution in [-0.2, 0) is 6.42 Å². The molecule has 3 rings (SSSR count). The van der Waals surface area contributed by atoms with Gasteiger partial charge in [-0.25, -0.2) is 0 Å². The highest BCUT2D eigenvalue weighted by molar-refractivity contribution is 5.74. The van der Waals surface area contributed by atoms with Gasteiger partial charge < -0.3 is 10.2 Å². The van der Waals surface area contributed by atoms with Gasteiger partial charge in [0.05, 0.1) is 16.9 Å². The van der Waals surface area contributed by atoms with Crippen molar-refractivity contribution in [3.8, 4) is 0 Å². The second-order valence-corrected chi connectivity index (χ2v) is 5.55. The smallest absolute Gasteiger partial charge is 0.0604 e. The molecule has 1 fully saturated rings. The molecule has 1 aliphatic carbocycles. The van der Waals surface area contributed by atoms with Crippen molar-refractivity contribution in [2.45, 2.75) is 44.6 Å². The standard InChI is InChI=1S/C15H22N2/c1-3-12-6-7-14-13(10-12)16-11-15(17(14)2)8-4-5-9-15/h6-7,10,16H,3-5,8-9,11H2,1-2H3. The van der Waals surface area contributed by atoms with E-state index in [2.05, 4.69) is 42.4 Å². The van der Waals surface area contributed by atoms with Gasteiger partial charge in [0.15, 0.2) is 0 Å². The zero-order valence-corrected chi connectivity index (χ0v) is 10.9. The van der Waals surface area contributed by atoms with E-state index in [4.69, 9.17) is 0 Å². The summed E-state index contributed by atoms with van der Waals surface area (Å²) in [6.45, 7) is 3.33.